The molecule has 0 spiro atoms. The maximum Gasteiger partial charge on any atom is 0.0451 e. The normalized spacial score (nSPS) is 18.9. The lowest BCUT2D eigenvalue weighted by atomic mass is 9.92. The summed E-state index contributed by atoms with van der Waals surface area (Å²) in [5.41, 5.74) is 2.69. The molecule has 0 heterocycles. The van der Waals surface area contributed by atoms with Crippen LogP contribution in [0.15, 0.2) is 54.1 Å². The van der Waals surface area contributed by atoms with Crippen LogP contribution >= 0.6 is 0 Å². The standard InChI is InChI=1S/C20H29N/c1-4-17(2)15-16-18(3)21(19-11-7-5-8-12-19)20-13-9-6-10-14-20/h4-5,7-8,11-12,15-16,18,20H,6,9-10,13-14H2,1-3H3/b16-15-,17-4-/t18-/m1/s1. The van der Waals surface area contributed by atoms with Gasteiger partial charge in [-0.05, 0) is 45.7 Å². The molecule has 114 valence electrons. The average Bonchev–Trinajstić information content (AvgIpc) is 2.55. The van der Waals surface area contributed by atoms with Gasteiger partial charge >= 0.3 is 0 Å². The Bertz CT molecular complexity index is 466. The number of nitrogens with zero attached hydrogens (tertiary/aromatic N) is 1. The highest BCUT2D eigenvalue weighted by atomic mass is 15.2. The van der Waals surface area contributed by atoms with E-state index in [1.807, 2.05) is 0 Å². The molecule has 0 bridgehead atoms. The first-order valence-corrected chi connectivity index (χ1v) is 8.37. The quantitative estimate of drug-likeness (QED) is 0.623. The summed E-state index contributed by atoms with van der Waals surface area (Å²) < 4.78 is 0. The highest BCUT2D eigenvalue weighted by molar-refractivity contribution is 5.49. The number of benzene rings is 1. The van der Waals surface area contributed by atoms with Gasteiger partial charge in [0.05, 0.1) is 0 Å². The minimum absolute atomic E-state index is 0.436. The van der Waals surface area contributed by atoms with Gasteiger partial charge in [-0.25, -0.2) is 0 Å². The van der Waals surface area contributed by atoms with Gasteiger partial charge in [0.1, 0.15) is 0 Å². The molecule has 1 aliphatic rings. The van der Waals surface area contributed by atoms with Gasteiger partial charge in [-0.3, -0.25) is 0 Å². The van der Waals surface area contributed by atoms with Crippen LogP contribution in [0.4, 0.5) is 5.69 Å². The van der Waals surface area contributed by atoms with Crippen molar-refractivity contribution in [3.05, 3.63) is 54.1 Å². The van der Waals surface area contributed by atoms with E-state index in [9.17, 15) is 0 Å². The molecule has 1 atom stereocenters. The summed E-state index contributed by atoms with van der Waals surface area (Å²) in [5, 5.41) is 0. The number of hydrogen-bond acceptors (Lipinski definition) is 1. The Morgan fingerprint density at radius 1 is 1.14 bits per heavy atom. The first-order chi connectivity index (χ1) is 10.2. The molecule has 1 saturated carbocycles. The van der Waals surface area contributed by atoms with E-state index in [-0.39, 0.29) is 0 Å². The van der Waals surface area contributed by atoms with Crippen LogP contribution in [0.25, 0.3) is 0 Å². The van der Waals surface area contributed by atoms with Gasteiger partial charge in [-0.1, -0.05) is 61.3 Å². The monoisotopic (exact) mass is 283 g/mol. The largest absolute Gasteiger partial charge is 0.362 e. The Balaban J connectivity index is 2.20. The summed E-state index contributed by atoms with van der Waals surface area (Å²) in [6.07, 6.45) is 13.6. The number of para-hydroxylation sites is 1. The molecule has 0 amide bonds. The van der Waals surface area contributed by atoms with E-state index in [0.29, 0.717) is 12.1 Å². The molecule has 0 aromatic heterocycles. The zero-order valence-corrected chi connectivity index (χ0v) is 13.8. The molecular formula is C20H29N. The van der Waals surface area contributed by atoms with Gasteiger partial charge in [-0.2, -0.15) is 0 Å². The van der Waals surface area contributed by atoms with E-state index in [2.05, 4.69) is 74.2 Å². The van der Waals surface area contributed by atoms with Crippen LogP contribution in [0.3, 0.4) is 0 Å². The van der Waals surface area contributed by atoms with E-state index < -0.39 is 0 Å². The second kappa shape index (κ2) is 8.07. The smallest absolute Gasteiger partial charge is 0.0451 e. The van der Waals surface area contributed by atoms with E-state index in [0.717, 1.165) is 0 Å². The van der Waals surface area contributed by atoms with Crippen molar-refractivity contribution in [2.45, 2.75) is 65.0 Å². The van der Waals surface area contributed by atoms with Gasteiger partial charge in [0.25, 0.3) is 0 Å². The third kappa shape index (κ3) is 4.49. The molecule has 0 aliphatic heterocycles. The second-order valence-corrected chi connectivity index (χ2v) is 6.17. The van der Waals surface area contributed by atoms with Crippen molar-refractivity contribution >= 4 is 5.69 Å². The lowest BCUT2D eigenvalue weighted by Gasteiger charge is -2.39. The first-order valence-electron chi connectivity index (χ1n) is 8.37. The van der Waals surface area contributed by atoms with Crippen LogP contribution in [-0.4, -0.2) is 12.1 Å². The molecule has 1 fully saturated rings. The van der Waals surface area contributed by atoms with Crippen molar-refractivity contribution < 1.29 is 0 Å². The predicted octanol–water partition coefficient (Wildman–Crippen LogP) is 5.74. The Hall–Kier alpha value is -1.50. The maximum absolute atomic E-state index is 2.62. The summed E-state index contributed by atoms with van der Waals surface area (Å²) in [6.45, 7) is 6.58. The van der Waals surface area contributed by atoms with Crippen molar-refractivity contribution in [1.29, 1.82) is 0 Å². The van der Waals surface area contributed by atoms with Crippen LogP contribution in [0, 0.1) is 0 Å². The SMILES string of the molecule is C/C=C(C)\C=C/[C@@H](C)N(c1ccccc1)C1CCCCC1. The predicted molar refractivity (Wildman–Crippen MR) is 93.8 cm³/mol. The Kier molecular flexibility index (Phi) is 6.10. The molecule has 0 radical (unpaired) electrons. The molecule has 2 rings (SSSR count). The fraction of sp³-hybridized carbons (Fsp3) is 0.500. The van der Waals surface area contributed by atoms with E-state index in [1.54, 1.807) is 0 Å². The third-order valence-electron chi connectivity index (χ3n) is 4.55. The van der Waals surface area contributed by atoms with Crippen LogP contribution in [0.2, 0.25) is 0 Å². The second-order valence-electron chi connectivity index (χ2n) is 6.17. The Morgan fingerprint density at radius 3 is 2.43 bits per heavy atom. The van der Waals surface area contributed by atoms with Gasteiger partial charge in [0.2, 0.25) is 0 Å². The molecule has 0 unspecified atom stereocenters. The fourth-order valence-electron chi connectivity index (χ4n) is 3.22. The molecule has 0 saturated heterocycles. The van der Waals surface area contributed by atoms with E-state index in [1.165, 1.54) is 43.4 Å². The zero-order chi connectivity index (χ0) is 15.1. The third-order valence-corrected chi connectivity index (χ3v) is 4.55. The highest BCUT2D eigenvalue weighted by Gasteiger charge is 2.24. The summed E-state index contributed by atoms with van der Waals surface area (Å²) >= 11 is 0. The van der Waals surface area contributed by atoms with Crippen molar-refractivity contribution in [2.24, 2.45) is 0 Å². The molecule has 0 N–H and O–H groups in total. The lowest BCUT2D eigenvalue weighted by molar-refractivity contribution is 0.405. The first kappa shape index (κ1) is 15.9. The lowest BCUT2D eigenvalue weighted by Crippen LogP contribution is -2.42. The highest BCUT2D eigenvalue weighted by Crippen LogP contribution is 2.29. The van der Waals surface area contributed by atoms with Crippen LogP contribution in [0.1, 0.15) is 52.9 Å². The maximum atomic E-state index is 2.62. The van der Waals surface area contributed by atoms with Crippen molar-refractivity contribution in [3.63, 3.8) is 0 Å². The van der Waals surface area contributed by atoms with Crippen LogP contribution in [0.5, 0.6) is 0 Å². The van der Waals surface area contributed by atoms with Crippen LogP contribution in [-0.2, 0) is 0 Å². The molecule has 1 aromatic carbocycles. The Morgan fingerprint density at radius 2 is 1.81 bits per heavy atom. The minimum atomic E-state index is 0.436. The topological polar surface area (TPSA) is 3.24 Å². The van der Waals surface area contributed by atoms with Gasteiger partial charge < -0.3 is 4.90 Å². The van der Waals surface area contributed by atoms with Crippen molar-refractivity contribution in [3.8, 4) is 0 Å². The molecule has 1 heteroatoms. The van der Waals surface area contributed by atoms with Gasteiger partial charge in [0, 0.05) is 17.8 Å². The average molecular weight is 283 g/mol. The summed E-state index contributed by atoms with van der Waals surface area (Å²) in [5.74, 6) is 0. The number of hydrogen-bond donors (Lipinski definition) is 0. The van der Waals surface area contributed by atoms with Crippen molar-refractivity contribution in [2.75, 3.05) is 4.90 Å². The summed E-state index contributed by atoms with van der Waals surface area (Å²) in [7, 11) is 0. The van der Waals surface area contributed by atoms with Crippen LogP contribution < -0.4 is 4.90 Å². The molecule has 1 aliphatic carbocycles. The molecule has 1 nitrogen and oxygen atoms in total. The number of rotatable bonds is 5. The summed E-state index contributed by atoms with van der Waals surface area (Å²) in [4.78, 5) is 2.62. The van der Waals surface area contributed by atoms with E-state index >= 15 is 0 Å². The Labute approximate surface area is 130 Å². The number of allylic oxidation sites excluding steroid dienone is 3. The molecule has 21 heavy (non-hydrogen) atoms. The van der Waals surface area contributed by atoms with Crippen molar-refractivity contribution in [1.82, 2.24) is 0 Å². The molecular weight excluding hydrogens is 254 g/mol. The number of anilines is 1. The summed E-state index contributed by atoms with van der Waals surface area (Å²) in [6, 6.07) is 12.0. The van der Waals surface area contributed by atoms with Gasteiger partial charge in [-0.15, -0.1) is 0 Å². The van der Waals surface area contributed by atoms with E-state index in [4.69, 9.17) is 0 Å². The zero-order valence-electron chi connectivity index (χ0n) is 13.8. The fourth-order valence-corrected chi connectivity index (χ4v) is 3.22. The van der Waals surface area contributed by atoms with Gasteiger partial charge in [0.15, 0.2) is 0 Å². The minimum Gasteiger partial charge on any atom is -0.362 e. The molecule has 1 aromatic rings.